The molecule has 5 nitrogen and oxygen atoms in total. The normalized spacial score (nSPS) is 29.7. The van der Waals surface area contributed by atoms with Crippen LogP contribution in [0.1, 0.15) is 36.8 Å². The highest BCUT2D eigenvalue weighted by Crippen LogP contribution is 2.42. The van der Waals surface area contributed by atoms with E-state index < -0.39 is 0 Å². The molecule has 154 valence electrons. The summed E-state index contributed by atoms with van der Waals surface area (Å²) in [6, 6.07) is 7.40. The Hall–Kier alpha value is -2.21. The number of nitrogens with zero attached hydrogens (tertiary/aromatic N) is 4. The molecule has 0 N–H and O–H groups in total. The van der Waals surface area contributed by atoms with Crippen LogP contribution in [-0.2, 0) is 24.8 Å². The number of halogens is 1. The van der Waals surface area contributed by atoms with Gasteiger partial charge in [0.2, 0.25) is 5.91 Å². The largest absolute Gasteiger partial charge is 0.336 e. The van der Waals surface area contributed by atoms with Crippen molar-refractivity contribution in [1.82, 2.24) is 19.6 Å². The highest BCUT2D eigenvalue weighted by molar-refractivity contribution is 5.78. The minimum atomic E-state index is -0.195. The zero-order valence-electron chi connectivity index (χ0n) is 17.0. The van der Waals surface area contributed by atoms with E-state index >= 15 is 0 Å². The Morgan fingerprint density at radius 1 is 1.21 bits per heavy atom. The second-order valence-corrected chi connectivity index (χ2v) is 9.13. The molecule has 3 saturated heterocycles. The number of hydrogen-bond acceptors (Lipinski definition) is 3. The Bertz CT molecular complexity index is 897. The molecule has 5 rings (SSSR count). The molecule has 4 heterocycles. The third-order valence-electron chi connectivity index (χ3n) is 7.07. The van der Waals surface area contributed by atoms with Gasteiger partial charge in [0.25, 0.3) is 0 Å². The molecule has 3 aliphatic heterocycles. The van der Waals surface area contributed by atoms with Crippen LogP contribution in [0.5, 0.6) is 0 Å². The highest BCUT2D eigenvalue weighted by Gasteiger charge is 2.49. The third-order valence-corrected chi connectivity index (χ3v) is 7.07. The maximum Gasteiger partial charge on any atom is 0.223 e. The number of amides is 1. The van der Waals surface area contributed by atoms with Crippen molar-refractivity contribution in [2.45, 2.75) is 50.7 Å². The van der Waals surface area contributed by atoms with Crippen LogP contribution in [0.25, 0.3) is 0 Å². The Balaban J connectivity index is 1.41. The van der Waals surface area contributed by atoms with E-state index in [-0.39, 0.29) is 11.9 Å². The number of carbonyl (C=O) groups excluding carboxylic acids is 1. The number of hydrogen-bond donors (Lipinski definition) is 0. The molecule has 3 aliphatic rings. The lowest BCUT2D eigenvalue weighted by Crippen LogP contribution is -2.65. The van der Waals surface area contributed by atoms with Gasteiger partial charge in [-0.3, -0.25) is 14.4 Å². The molecule has 1 amide bonds. The van der Waals surface area contributed by atoms with E-state index in [1.54, 1.807) is 12.1 Å². The number of benzene rings is 1. The van der Waals surface area contributed by atoms with Gasteiger partial charge in [-0.25, -0.2) is 4.39 Å². The lowest BCUT2D eigenvalue weighted by Gasteiger charge is -2.56. The SMILES string of the molecule is Cn1cc(CN2C[C@H]3C[C@@H](C2)[C@H](Cc2cccc(F)c2)N2C(=O)CCC[C@@H]32)cn1. The van der Waals surface area contributed by atoms with Gasteiger partial charge in [-0.1, -0.05) is 12.1 Å². The molecule has 2 aromatic rings. The Kier molecular flexibility index (Phi) is 4.90. The second kappa shape index (κ2) is 7.56. The standard InChI is InChI=1S/C23H29FN4O/c1-26-12-17(11-25-26)13-27-14-18-10-19(15-27)22(9-16-4-2-5-20(24)8-16)28-21(18)6-3-7-23(28)29/h2,4-5,8,11-12,18-19,21-22H,3,6-7,9-10,13-15H2,1H3/t18-,19+,21+,22+/m1/s1. The number of likely N-dealkylation sites (tertiary alicyclic amines) is 1. The maximum absolute atomic E-state index is 13.8. The van der Waals surface area contributed by atoms with Crippen LogP contribution >= 0.6 is 0 Å². The average Bonchev–Trinajstić information content (AvgIpc) is 3.10. The van der Waals surface area contributed by atoms with Gasteiger partial charge in [-0.2, -0.15) is 5.10 Å². The molecule has 3 fully saturated rings. The van der Waals surface area contributed by atoms with Crippen molar-refractivity contribution >= 4 is 5.91 Å². The minimum absolute atomic E-state index is 0.169. The van der Waals surface area contributed by atoms with E-state index in [2.05, 4.69) is 21.1 Å². The van der Waals surface area contributed by atoms with Crippen LogP contribution in [-0.4, -0.2) is 50.7 Å². The molecule has 29 heavy (non-hydrogen) atoms. The number of fused-ring (bicyclic) bond motifs is 4. The summed E-state index contributed by atoms with van der Waals surface area (Å²) >= 11 is 0. The van der Waals surface area contributed by atoms with Crippen LogP contribution in [0.2, 0.25) is 0 Å². The van der Waals surface area contributed by atoms with E-state index in [4.69, 9.17) is 0 Å². The van der Waals surface area contributed by atoms with Gasteiger partial charge < -0.3 is 4.90 Å². The summed E-state index contributed by atoms with van der Waals surface area (Å²) in [5.74, 6) is 1.09. The fourth-order valence-electron chi connectivity index (χ4n) is 5.98. The van der Waals surface area contributed by atoms with E-state index in [1.807, 2.05) is 24.0 Å². The molecule has 0 saturated carbocycles. The molecule has 0 radical (unpaired) electrons. The summed E-state index contributed by atoms with van der Waals surface area (Å²) in [7, 11) is 1.95. The van der Waals surface area contributed by atoms with Crippen LogP contribution < -0.4 is 0 Å². The van der Waals surface area contributed by atoms with Crippen LogP contribution in [0, 0.1) is 17.7 Å². The number of aryl methyl sites for hydroxylation is 1. The van der Waals surface area contributed by atoms with Crippen molar-refractivity contribution in [2.75, 3.05) is 13.1 Å². The van der Waals surface area contributed by atoms with Crippen molar-refractivity contribution in [3.8, 4) is 0 Å². The fraction of sp³-hybridized carbons (Fsp3) is 0.565. The van der Waals surface area contributed by atoms with Gasteiger partial charge in [0.05, 0.1) is 6.20 Å². The van der Waals surface area contributed by atoms with E-state index in [9.17, 15) is 9.18 Å². The lowest BCUT2D eigenvalue weighted by molar-refractivity contribution is -0.152. The van der Waals surface area contributed by atoms with Crippen LogP contribution in [0.3, 0.4) is 0 Å². The van der Waals surface area contributed by atoms with Gasteiger partial charge >= 0.3 is 0 Å². The van der Waals surface area contributed by atoms with Gasteiger partial charge in [0, 0.05) is 56.9 Å². The molecule has 0 spiro atoms. The summed E-state index contributed by atoms with van der Waals surface area (Å²) in [5, 5.41) is 4.31. The first-order valence-corrected chi connectivity index (χ1v) is 10.8. The summed E-state index contributed by atoms with van der Waals surface area (Å²) < 4.78 is 15.6. The van der Waals surface area contributed by atoms with Crippen LogP contribution in [0.4, 0.5) is 4.39 Å². The van der Waals surface area contributed by atoms with Crippen molar-refractivity contribution in [1.29, 1.82) is 0 Å². The predicted molar refractivity (Wildman–Crippen MR) is 108 cm³/mol. The van der Waals surface area contributed by atoms with Gasteiger partial charge in [-0.15, -0.1) is 0 Å². The number of carbonyl (C=O) groups is 1. The maximum atomic E-state index is 13.8. The average molecular weight is 397 g/mol. The minimum Gasteiger partial charge on any atom is -0.336 e. The quantitative estimate of drug-likeness (QED) is 0.798. The fourth-order valence-corrected chi connectivity index (χ4v) is 5.98. The van der Waals surface area contributed by atoms with Crippen molar-refractivity contribution in [3.05, 3.63) is 53.6 Å². The molecule has 6 heteroatoms. The molecule has 0 unspecified atom stereocenters. The Morgan fingerprint density at radius 3 is 2.86 bits per heavy atom. The summed E-state index contributed by atoms with van der Waals surface area (Å²) in [5.41, 5.74) is 2.24. The number of rotatable bonds is 4. The van der Waals surface area contributed by atoms with Gasteiger partial charge in [0.15, 0.2) is 0 Å². The highest BCUT2D eigenvalue weighted by atomic mass is 19.1. The smallest absolute Gasteiger partial charge is 0.223 e. The molecule has 1 aromatic carbocycles. The summed E-state index contributed by atoms with van der Waals surface area (Å²) in [6.07, 6.45) is 8.72. The lowest BCUT2D eigenvalue weighted by atomic mass is 9.70. The second-order valence-electron chi connectivity index (χ2n) is 9.13. The van der Waals surface area contributed by atoms with Crippen LogP contribution in [0.15, 0.2) is 36.7 Å². The van der Waals surface area contributed by atoms with Crippen molar-refractivity contribution in [3.63, 3.8) is 0 Å². The first kappa shape index (κ1) is 18.8. The van der Waals surface area contributed by atoms with E-state index in [0.717, 1.165) is 44.5 Å². The molecule has 1 aromatic heterocycles. The topological polar surface area (TPSA) is 41.4 Å². The zero-order valence-corrected chi connectivity index (χ0v) is 17.0. The molecular weight excluding hydrogens is 367 g/mol. The van der Waals surface area contributed by atoms with Gasteiger partial charge in [-0.05, 0) is 55.2 Å². The summed E-state index contributed by atoms with van der Waals surface area (Å²) in [6.45, 7) is 2.95. The van der Waals surface area contributed by atoms with Crippen molar-refractivity contribution < 1.29 is 9.18 Å². The van der Waals surface area contributed by atoms with Crippen molar-refractivity contribution in [2.24, 2.45) is 18.9 Å². The summed E-state index contributed by atoms with van der Waals surface area (Å²) in [4.78, 5) is 17.7. The van der Waals surface area contributed by atoms with E-state index in [1.165, 1.54) is 18.1 Å². The number of piperidine rings is 3. The first-order chi connectivity index (χ1) is 14.1. The first-order valence-electron chi connectivity index (χ1n) is 10.8. The third kappa shape index (κ3) is 3.70. The van der Waals surface area contributed by atoms with Gasteiger partial charge in [0.1, 0.15) is 5.82 Å². The van der Waals surface area contributed by atoms with E-state index in [0.29, 0.717) is 30.2 Å². The molecule has 0 aliphatic carbocycles. The molecule has 4 atom stereocenters. The zero-order chi connectivity index (χ0) is 20.0. The Morgan fingerprint density at radius 2 is 2.07 bits per heavy atom. The molecule has 2 bridgehead atoms. The molecular formula is C23H29FN4O. The monoisotopic (exact) mass is 396 g/mol. The Labute approximate surface area is 171 Å². The number of aromatic nitrogens is 2. The predicted octanol–water partition coefficient (Wildman–Crippen LogP) is 3.00.